The van der Waals surface area contributed by atoms with Crippen LogP contribution in [0.4, 0.5) is 0 Å². The monoisotopic (exact) mass is 250 g/mol. The average Bonchev–Trinajstić information content (AvgIpc) is 2.39. The van der Waals surface area contributed by atoms with E-state index in [2.05, 4.69) is 6.92 Å². The number of aliphatic hydroxyl groups is 1. The normalized spacial score (nSPS) is 12.1. The highest BCUT2D eigenvalue weighted by molar-refractivity contribution is 5.89. The van der Waals surface area contributed by atoms with Gasteiger partial charge in [0.1, 0.15) is 0 Å². The third-order valence-corrected chi connectivity index (χ3v) is 2.81. The van der Waals surface area contributed by atoms with Crippen LogP contribution in [-0.2, 0) is 4.74 Å². The van der Waals surface area contributed by atoms with E-state index < -0.39 is 12.3 Å². The fourth-order valence-electron chi connectivity index (χ4n) is 1.75. The smallest absolute Gasteiger partial charge is 0.340 e. The van der Waals surface area contributed by atoms with Crippen molar-refractivity contribution in [3.8, 4) is 0 Å². The van der Waals surface area contributed by atoms with Crippen molar-refractivity contribution in [2.45, 2.75) is 51.7 Å². The molecule has 0 amide bonds. The first-order valence-electron chi connectivity index (χ1n) is 6.68. The first-order valence-corrected chi connectivity index (χ1v) is 6.68. The van der Waals surface area contributed by atoms with Crippen LogP contribution in [0, 0.1) is 0 Å². The summed E-state index contributed by atoms with van der Waals surface area (Å²) in [6.07, 6.45) is 5.10. The van der Waals surface area contributed by atoms with Crippen LogP contribution in [0.5, 0.6) is 0 Å². The van der Waals surface area contributed by atoms with Crippen LogP contribution in [0.1, 0.15) is 55.8 Å². The van der Waals surface area contributed by atoms with Crippen LogP contribution in [0.2, 0.25) is 0 Å². The Labute approximate surface area is 109 Å². The zero-order valence-electron chi connectivity index (χ0n) is 11.0. The fourth-order valence-corrected chi connectivity index (χ4v) is 1.75. The molecular formula is C15H22O3. The topological polar surface area (TPSA) is 46.5 Å². The molecule has 100 valence electrons. The highest BCUT2D eigenvalue weighted by atomic mass is 16.6. The molecule has 0 aliphatic carbocycles. The van der Waals surface area contributed by atoms with E-state index in [0.717, 1.165) is 12.8 Å². The second kappa shape index (κ2) is 8.70. The van der Waals surface area contributed by atoms with Gasteiger partial charge in [0, 0.05) is 6.42 Å². The van der Waals surface area contributed by atoms with Crippen LogP contribution in [0.15, 0.2) is 30.3 Å². The summed E-state index contributed by atoms with van der Waals surface area (Å²) in [6.45, 7) is 2.16. The minimum absolute atomic E-state index is 0.461. The predicted octanol–water partition coefficient (Wildman–Crippen LogP) is 3.52. The van der Waals surface area contributed by atoms with Crippen LogP contribution in [-0.4, -0.2) is 17.4 Å². The lowest BCUT2D eigenvalue weighted by Crippen LogP contribution is -2.17. The molecule has 3 heteroatoms. The Kier molecular flexibility index (Phi) is 7.11. The second-order valence-corrected chi connectivity index (χ2v) is 4.43. The number of esters is 1. The Balaban J connectivity index is 2.20. The Bertz CT molecular complexity index is 335. The van der Waals surface area contributed by atoms with Crippen molar-refractivity contribution >= 4 is 5.97 Å². The number of unbranched alkanes of at least 4 members (excludes halogenated alkanes) is 4. The van der Waals surface area contributed by atoms with Crippen LogP contribution in [0.25, 0.3) is 0 Å². The standard InChI is InChI=1S/C15H22O3/c1-2-3-4-5-9-12-14(16)18-15(17)13-10-7-6-8-11-13/h6-8,10-11,14,16H,2-5,9,12H2,1H3. The number of hydrogen-bond donors (Lipinski definition) is 1. The minimum atomic E-state index is -0.987. The molecule has 0 bridgehead atoms. The highest BCUT2D eigenvalue weighted by Crippen LogP contribution is 2.10. The predicted molar refractivity (Wildman–Crippen MR) is 71.2 cm³/mol. The van der Waals surface area contributed by atoms with Crippen LogP contribution < -0.4 is 0 Å². The molecule has 1 rings (SSSR count). The number of ether oxygens (including phenoxy) is 1. The fraction of sp³-hybridized carbons (Fsp3) is 0.533. The largest absolute Gasteiger partial charge is 0.432 e. The Morgan fingerprint density at radius 1 is 1.17 bits per heavy atom. The quantitative estimate of drug-likeness (QED) is 0.436. The molecule has 0 aliphatic rings. The molecule has 0 heterocycles. The summed E-state index contributed by atoms with van der Waals surface area (Å²) in [5, 5.41) is 9.59. The van der Waals surface area contributed by atoms with E-state index in [1.807, 2.05) is 6.07 Å². The molecule has 3 nitrogen and oxygen atoms in total. The van der Waals surface area contributed by atoms with E-state index in [4.69, 9.17) is 4.74 Å². The van der Waals surface area contributed by atoms with Gasteiger partial charge in [-0.2, -0.15) is 0 Å². The number of hydrogen-bond acceptors (Lipinski definition) is 3. The first-order chi connectivity index (χ1) is 8.74. The van der Waals surface area contributed by atoms with Crippen molar-refractivity contribution in [2.75, 3.05) is 0 Å². The molecule has 1 atom stereocenters. The van der Waals surface area contributed by atoms with E-state index in [-0.39, 0.29) is 0 Å². The molecule has 1 aromatic rings. The zero-order chi connectivity index (χ0) is 13.2. The van der Waals surface area contributed by atoms with Crippen molar-refractivity contribution in [3.63, 3.8) is 0 Å². The summed E-state index contributed by atoms with van der Waals surface area (Å²) in [5.41, 5.74) is 0.475. The molecule has 0 saturated heterocycles. The minimum Gasteiger partial charge on any atom is -0.432 e. The maximum absolute atomic E-state index is 11.6. The van der Waals surface area contributed by atoms with Gasteiger partial charge in [0.15, 0.2) is 0 Å². The van der Waals surface area contributed by atoms with Crippen molar-refractivity contribution in [2.24, 2.45) is 0 Å². The summed E-state index contributed by atoms with van der Waals surface area (Å²) >= 11 is 0. The molecule has 18 heavy (non-hydrogen) atoms. The van der Waals surface area contributed by atoms with Crippen molar-refractivity contribution in [1.82, 2.24) is 0 Å². The average molecular weight is 250 g/mol. The van der Waals surface area contributed by atoms with Crippen LogP contribution >= 0.6 is 0 Å². The molecule has 0 radical (unpaired) electrons. The lowest BCUT2D eigenvalue weighted by Gasteiger charge is -2.11. The molecule has 0 aromatic heterocycles. The molecule has 1 N–H and O–H groups in total. The number of rotatable bonds is 8. The molecule has 1 unspecified atom stereocenters. The van der Waals surface area contributed by atoms with Crippen LogP contribution in [0.3, 0.4) is 0 Å². The van der Waals surface area contributed by atoms with Crippen molar-refractivity contribution < 1.29 is 14.6 Å². The summed E-state index contributed by atoms with van der Waals surface area (Å²) in [7, 11) is 0. The lowest BCUT2D eigenvalue weighted by molar-refractivity contribution is -0.0694. The SMILES string of the molecule is CCCCCCCC(O)OC(=O)c1ccccc1. The Morgan fingerprint density at radius 3 is 2.50 bits per heavy atom. The van der Waals surface area contributed by atoms with Gasteiger partial charge in [-0.05, 0) is 18.6 Å². The van der Waals surface area contributed by atoms with Crippen molar-refractivity contribution in [1.29, 1.82) is 0 Å². The molecular weight excluding hydrogens is 228 g/mol. The summed E-state index contributed by atoms with van der Waals surface area (Å²) in [6, 6.07) is 8.73. The van der Waals surface area contributed by atoms with Crippen molar-refractivity contribution in [3.05, 3.63) is 35.9 Å². The number of carbonyl (C=O) groups excluding carboxylic acids is 1. The highest BCUT2D eigenvalue weighted by Gasteiger charge is 2.12. The van der Waals surface area contributed by atoms with Gasteiger partial charge in [-0.25, -0.2) is 4.79 Å². The maximum atomic E-state index is 11.6. The van der Waals surface area contributed by atoms with E-state index in [1.165, 1.54) is 19.3 Å². The van der Waals surface area contributed by atoms with Gasteiger partial charge in [0.05, 0.1) is 5.56 Å². The second-order valence-electron chi connectivity index (χ2n) is 4.43. The molecule has 1 aromatic carbocycles. The number of aliphatic hydroxyl groups excluding tert-OH is 1. The summed E-state index contributed by atoms with van der Waals surface area (Å²) in [5.74, 6) is -0.461. The third kappa shape index (κ3) is 5.82. The molecule has 0 spiro atoms. The molecule has 0 saturated carbocycles. The van der Waals surface area contributed by atoms with Gasteiger partial charge in [-0.1, -0.05) is 50.8 Å². The Morgan fingerprint density at radius 2 is 1.83 bits per heavy atom. The van der Waals surface area contributed by atoms with E-state index >= 15 is 0 Å². The van der Waals surface area contributed by atoms with E-state index in [0.29, 0.717) is 12.0 Å². The van der Waals surface area contributed by atoms with Gasteiger partial charge in [0.2, 0.25) is 6.29 Å². The number of benzene rings is 1. The van der Waals surface area contributed by atoms with Gasteiger partial charge in [0.25, 0.3) is 0 Å². The van der Waals surface area contributed by atoms with Gasteiger partial charge in [-0.15, -0.1) is 0 Å². The first kappa shape index (κ1) is 14.7. The number of carbonyl (C=O) groups is 1. The van der Waals surface area contributed by atoms with E-state index in [1.54, 1.807) is 24.3 Å². The third-order valence-electron chi connectivity index (χ3n) is 2.81. The summed E-state index contributed by atoms with van der Waals surface area (Å²) in [4.78, 5) is 11.6. The van der Waals surface area contributed by atoms with E-state index in [9.17, 15) is 9.90 Å². The molecule has 0 fully saturated rings. The lowest BCUT2D eigenvalue weighted by atomic mass is 10.1. The molecule has 0 aliphatic heterocycles. The Hall–Kier alpha value is -1.35. The van der Waals surface area contributed by atoms with Gasteiger partial charge in [-0.3, -0.25) is 0 Å². The van der Waals surface area contributed by atoms with Gasteiger partial charge >= 0.3 is 5.97 Å². The van der Waals surface area contributed by atoms with Gasteiger partial charge < -0.3 is 9.84 Å². The summed E-state index contributed by atoms with van der Waals surface area (Å²) < 4.78 is 4.96. The zero-order valence-corrected chi connectivity index (χ0v) is 11.0. The maximum Gasteiger partial charge on any atom is 0.340 e.